The predicted octanol–water partition coefficient (Wildman–Crippen LogP) is 1.34. The van der Waals surface area contributed by atoms with Crippen LogP contribution < -0.4 is 0 Å². The Balaban J connectivity index is 0.000000354. The number of carbonyl (C=O) groups excluding carboxylic acids is 1. The molecule has 0 saturated carbocycles. The van der Waals surface area contributed by atoms with Crippen molar-refractivity contribution >= 4 is 6.29 Å². The first-order chi connectivity index (χ1) is 5.85. The van der Waals surface area contributed by atoms with E-state index in [0.717, 1.165) is 5.56 Å². The molecule has 0 aliphatic heterocycles. The molecule has 0 aliphatic rings. The van der Waals surface area contributed by atoms with Gasteiger partial charge >= 0.3 is 0 Å². The zero-order chi connectivity index (χ0) is 9.23. The molecule has 12 heavy (non-hydrogen) atoms. The van der Waals surface area contributed by atoms with E-state index in [1.807, 2.05) is 36.6 Å². The summed E-state index contributed by atoms with van der Waals surface area (Å²) >= 11 is 0. The third-order valence-electron chi connectivity index (χ3n) is 1.12. The molecule has 0 bridgehead atoms. The van der Waals surface area contributed by atoms with Crippen LogP contribution in [0.5, 0.6) is 0 Å². The van der Waals surface area contributed by atoms with Gasteiger partial charge in [-0.2, -0.15) is 0 Å². The minimum atomic E-state index is 0.250. The first kappa shape index (κ1) is 10.8. The Morgan fingerprint density at radius 1 is 1.33 bits per heavy atom. The Labute approximate surface area is 72.9 Å². The maximum atomic E-state index is 9.85. The van der Waals surface area contributed by atoms with E-state index >= 15 is 0 Å². The molecule has 1 aromatic rings. The molecule has 0 fully saturated rings. The molecule has 0 unspecified atom stereocenters. The van der Waals surface area contributed by atoms with E-state index in [4.69, 9.17) is 5.11 Å². The van der Waals surface area contributed by atoms with Gasteiger partial charge < -0.3 is 5.11 Å². The van der Waals surface area contributed by atoms with Gasteiger partial charge in [0.2, 0.25) is 6.29 Å². The van der Waals surface area contributed by atoms with Gasteiger partial charge in [0.15, 0.2) is 0 Å². The van der Waals surface area contributed by atoms with Crippen LogP contribution in [-0.2, 0) is 11.2 Å². The molecule has 2 nitrogen and oxygen atoms in total. The SMILES string of the molecule is CCO.O=[C]Cc1ccccc1. The lowest BCUT2D eigenvalue weighted by molar-refractivity contribution is 0.318. The second-order valence-electron chi connectivity index (χ2n) is 2.12. The Bertz CT molecular complexity index is 194. The van der Waals surface area contributed by atoms with Gasteiger partial charge in [-0.15, -0.1) is 0 Å². The molecule has 0 aliphatic carbocycles. The topological polar surface area (TPSA) is 37.3 Å². The van der Waals surface area contributed by atoms with Gasteiger partial charge in [-0.05, 0) is 12.5 Å². The zero-order valence-corrected chi connectivity index (χ0v) is 7.16. The first-order valence-electron chi connectivity index (χ1n) is 3.85. The lowest BCUT2D eigenvalue weighted by atomic mass is 10.2. The molecule has 0 heterocycles. The van der Waals surface area contributed by atoms with Crippen molar-refractivity contribution in [3.05, 3.63) is 35.9 Å². The van der Waals surface area contributed by atoms with Crippen molar-refractivity contribution in [1.29, 1.82) is 0 Å². The fourth-order valence-corrected chi connectivity index (χ4v) is 0.679. The number of aliphatic hydroxyl groups is 1. The van der Waals surface area contributed by atoms with Gasteiger partial charge in [-0.1, -0.05) is 30.3 Å². The molecular formula is C10H13O2. The summed E-state index contributed by atoms with van der Waals surface area (Å²) in [4.78, 5) is 9.85. The summed E-state index contributed by atoms with van der Waals surface area (Å²) < 4.78 is 0. The minimum Gasteiger partial charge on any atom is -0.397 e. The largest absolute Gasteiger partial charge is 0.397 e. The highest BCUT2D eigenvalue weighted by atomic mass is 16.2. The van der Waals surface area contributed by atoms with E-state index < -0.39 is 0 Å². The van der Waals surface area contributed by atoms with Crippen LogP contribution in [0, 0.1) is 0 Å². The van der Waals surface area contributed by atoms with Crippen LogP contribution >= 0.6 is 0 Å². The highest BCUT2D eigenvalue weighted by Gasteiger charge is 1.85. The quantitative estimate of drug-likeness (QED) is 0.718. The van der Waals surface area contributed by atoms with E-state index in [1.165, 1.54) is 0 Å². The number of aliphatic hydroxyl groups excluding tert-OH is 1. The Morgan fingerprint density at radius 3 is 2.25 bits per heavy atom. The number of benzene rings is 1. The van der Waals surface area contributed by atoms with Crippen LogP contribution in [0.2, 0.25) is 0 Å². The van der Waals surface area contributed by atoms with Gasteiger partial charge in [-0.3, -0.25) is 4.79 Å². The van der Waals surface area contributed by atoms with Gasteiger partial charge in [0, 0.05) is 13.0 Å². The minimum absolute atomic E-state index is 0.250. The molecule has 1 rings (SSSR count). The van der Waals surface area contributed by atoms with Crippen LogP contribution in [-0.4, -0.2) is 18.0 Å². The second kappa shape index (κ2) is 7.95. The number of rotatable bonds is 2. The third-order valence-corrected chi connectivity index (χ3v) is 1.12. The standard InChI is InChI=1S/C8H7O.C2H6O/c9-7-6-8-4-2-1-3-5-8;1-2-3/h1-5H,6H2;3H,2H2,1H3. The summed E-state index contributed by atoms with van der Waals surface area (Å²) in [5.74, 6) is 0. The van der Waals surface area contributed by atoms with Gasteiger partial charge in [0.25, 0.3) is 0 Å². The number of hydrogen-bond acceptors (Lipinski definition) is 2. The normalized spacial score (nSPS) is 8.17. The summed E-state index contributed by atoms with van der Waals surface area (Å²) in [6, 6.07) is 9.56. The molecule has 1 N–H and O–H groups in total. The molecule has 65 valence electrons. The maximum Gasteiger partial charge on any atom is 0.203 e. The van der Waals surface area contributed by atoms with Gasteiger partial charge in [-0.25, -0.2) is 0 Å². The summed E-state index contributed by atoms with van der Waals surface area (Å²) in [5, 5.41) is 7.57. The van der Waals surface area contributed by atoms with E-state index in [0.29, 0.717) is 6.42 Å². The lowest BCUT2D eigenvalue weighted by Gasteiger charge is -1.88. The van der Waals surface area contributed by atoms with E-state index in [-0.39, 0.29) is 6.61 Å². The summed E-state index contributed by atoms with van der Waals surface area (Å²) in [7, 11) is 0. The van der Waals surface area contributed by atoms with Crippen molar-refractivity contribution < 1.29 is 9.90 Å². The molecule has 0 aromatic heterocycles. The average Bonchev–Trinajstić information content (AvgIpc) is 2.08. The zero-order valence-electron chi connectivity index (χ0n) is 7.16. The molecule has 1 radical (unpaired) electrons. The molecule has 2 heteroatoms. The van der Waals surface area contributed by atoms with Crippen LogP contribution in [0.4, 0.5) is 0 Å². The predicted molar refractivity (Wildman–Crippen MR) is 48.6 cm³/mol. The van der Waals surface area contributed by atoms with Crippen molar-refractivity contribution in [2.24, 2.45) is 0 Å². The molecule has 0 amide bonds. The Morgan fingerprint density at radius 2 is 1.83 bits per heavy atom. The average molecular weight is 165 g/mol. The molecule has 0 atom stereocenters. The molecule has 0 spiro atoms. The summed E-state index contributed by atoms with van der Waals surface area (Å²) in [6.07, 6.45) is 2.24. The van der Waals surface area contributed by atoms with Crippen molar-refractivity contribution in [3.8, 4) is 0 Å². The maximum absolute atomic E-state index is 9.85. The Kier molecular flexibility index (Phi) is 7.19. The van der Waals surface area contributed by atoms with Crippen molar-refractivity contribution in [2.75, 3.05) is 6.61 Å². The highest BCUT2D eigenvalue weighted by molar-refractivity contribution is 5.55. The molecule has 1 aromatic carbocycles. The van der Waals surface area contributed by atoms with Crippen LogP contribution in [0.3, 0.4) is 0 Å². The van der Waals surface area contributed by atoms with Crippen molar-refractivity contribution in [2.45, 2.75) is 13.3 Å². The van der Waals surface area contributed by atoms with Crippen molar-refractivity contribution in [1.82, 2.24) is 0 Å². The number of hydrogen-bond donors (Lipinski definition) is 1. The van der Waals surface area contributed by atoms with Crippen LogP contribution in [0.25, 0.3) is 0 Å². The monoisotopic (exact) mass is 165 g/mol. The first-order valence-corrected chi connectivity index (χ1v) is 3.85. The van der Waals surface area contributed by atoms with Crippen molar-refractivity contribution in [3.63, 3.8) is 0 Å². The molecular weight excluding hydrogens is 152 g/mol. The van der Waals surface area contributed by atoms with E-state index in [9.17, 15) is 4.79 Å². The summed E-state index contributed by atoms with van der Waals surface area (Å²) in [6.45, 7) is 1.93. The lowest BCUT2D eigenvalue weighted by Crippen LogP contribution is -1.82. The fourth-order valence-electron chi connectivity index (χ4n) is 0.679. The van der Waals surface area contributed by atoms with Gasteiger partial charge in [0.1, 0.15) is 0 Å². The molecule has 0 saturated heterocycles. The van der Waals surface area contributed by atoms with Crippen LogP contribution in [0.15, 0.2) is 30.3 Å². The fraction of sp³-hybridized carbons (Fsp3) is 0.300. The third kappa shape index (κ3) is 5.62. The second-order valence-corrected chi connectivity index (χ2v) is 2.12. The Hall–Kier alpha value is -1.15. The van der Waals surface area contributed by atoms with Crippen LogP contribution in [0.1, 0.15) is 12.5 Å². The highest BCUT2D eigenvalue weighted by Crippen LogP contribution is 1.96. The van der Waals surface area contributed by atoms with E-state index in [2.05, 4.69) is 0 Å². The smallest absolute Gasteiger partial charge is 0.203 e. The van der Waals surface area contributed by atoms with Gasteiger partial charge in [0.05, 0.1) is 0 Å². The summed E-state index contributed by atoms with van der Waals surface area (Å²) in [5.41, 5.74) is 1.02. The van der Waals surface area contributed by atoms with E-state index in [1.54, 1.807) is 6.92 Å².